The van der Waals surface area contributed by atoms with Gasteiger partial charge in [-0.2, -0.15) is 0 Å². The lowest BCUT2D eigenvalue weighted by Gasteiger charge is -2.06. The van der Waals surface area contributed by atoms with Crippen molar-refractivity contribution < 1.29 is 14.3 Å². The Labute approximate surface area is 80.8 Å². The lowest BCUT2D eigenvalue weighted by molar-refractivity contribution is -0.0408. The first-order valence-corrected chi connectivity index (χ1v) is 4.38. The number of carbonyl (C=O) groups is 1. The maximum absolute atomic E-state index is 11.6. The second-order valence-corrected chi connectivity index (χ2v) is 3.04. The molecule has 0 bridgehead atoms. The molecule has 1 aromatic rings. The molecule has 0 radical (unpaired) electrons. The Morgan fingerprint density at radius 2 is 2.36 bits per heavy atom. The van der Waals surface area contributed by atoms with Gasteiger partial charge in [-0.3, -0.25) is 4.79 Å². The first kappa shape index (κ1) is 9.29. The summed E-state index contributed by atoms with van der Waals surface area (Å²) in [4.78, 5) is 11.6. The summed E-state index contributed by atoms with van der Waals surface area (Å²) in [6.45, 7) is 1.11. The van der Waals surface area contributed by atoms with Crippen LogP contribution in [0.25, 0.3) is 0 Å². The van der Waals surface area contributed by atoms with E-state index in [0.717, 1.165) is 0 Å². The minimum absolute atomic E-state index is 0.0654. The lowest BCUT2D eigenvalue weighted by Crippen LogP contribution is -2.16. The van der Waals surface area contributed by atoms with Gasteiger partial charge in [0.2, 0.25) is 0 Å². The summed E-state index contributed by atoms with van der Waals surface area (Å²) < 4.78 is 11.8. The predicted octanol–water partition coefficient (Wildman–Crippen LogP) is -0.239. The van der Waals surface area contributed by atoms with Crippen LogP contribution in [0.4, 0.5) is 0 Å². The Balaban J connectivity index is 1.98. The maximum Gasteiger partial charge on any atom is 0.187 e. The van der Waals surface area contributed by atoms with Gasteiger partial charge in [0.05, 0.1) is 25.8 Å². The molecule has 1 saturated heterocycles. The number of hydrogen-bond acceptors (Lipinski definition) is 5. The highest BCUT2D eigenvalue weighted by Gasteiger charge is 2.22. The molecule has 1 aliphatic rings. The summed E-state index contributed by atoms with van der Waals surface area (Å²) >= 11 is 0. The molecule has 14 heavy (non-hydrogen) atoms. The van der Waals surface area contributed by atoms with Crippen LogP contribution < -0.4 is 0 Å². The fourth-order valence-corrected chi connectivity index (χ4v) is 1.32. The summed E-state index contributed by atoms with van der Waals surface area (Å²) in [7, 11) is 1.68. The first-order valence-electron chi connectivity index (χ1n) is 4.38. The Bertz CT molecular complexity index is 330. The van der Waals surface area contributed by atoms with Crippen molar-refractivity contribution in [1.82, 2.24) is 15.0 Å². The van der Waals surface area contributed by atoms with E-state index in [1.807, 2.05) is 0 Å². The van der Waals surface area contributed by atoms with E-state index in [0.29, 0.717) is 18.9 Å². The quantitative estimate of drug-likeness (QED) is 0.626. The molecule has 6 heteroatoms. The van der Waals surface area contributed by atoms with Gasteiger partial charge in [0, 0.05) is 7.05 Å². The van der Waals surface area contributed by atoms with Crippen molar-refractivity contribution >= 4 is 5.78 Å². The van der Waals surface area contributed by atoms with Crippen LogP contribution in [0.2, 0.25) is 0 Å². The standard InChI is InChI=1S/C8H11N3O3/c1-11-6(5-9-10-11)7(12)4-8-13-2-3-14-8/h5,8H,2-4H2,1H3. The van der Waals surface area contributed by atoms with Crippen molar-refractivity contribution in [2.45, 2.75) is 12.7 Å². The van der Waals surface area contributed by atoms with Crippen LogP contribution >= 0.6 is 0 Å². The van der Waals surface area contributed by atoms with Crippen molar-refractivity contribution in [3.8, 4) is 0 Å². The normalized spacial score (nSPS) is 17.5. The van der Waals surface area contributed by atoms with Crippen LogP contribution in [-0.2, 0) is 16.5 Å². The molecule has 6 nitrogen and oxygen atoms in total. The number of ketones is 1. The minimum Gasteiger partial charge on any atom is -0.350 e. The van der Waals surface area contributed by atoms with Gasteiger partial charge in [0.1, 0.15) is 5.69 Å². The summed E-state index contributed by atoms with van der Waals surface area (Å²) in [5.41, 5.74) is 0.476. The van der Waals surface area contributed by atoms with Gasteiger partial charge in [-0.05, 0) is 0 Å². The number of aryl methyl sites for hydroxylation is 1. The second kappa shape index (κ2) is 3.85. The highest BCUT2D eigenvalue weighted by molar-refractivity contribution is 5.94. The van der Waals surface area contributed by atoms with Gasteiger partial charge in [-0.1, -0.05) is 5.21 Å². The zero-order chi connectivity index (χ0) is 9.97. The van der Waals surface area contributed by atoms with Crippen LogP contribution in [0.15, 0.2) is 6.20 Å². The molecule has 0 N–H and O–H groups in total. The zero-order valence-corrected chi connectivity index (χ0v) is 7.84. The predicted molar refractivity (Wildman–Crippen MR) is 45.6 cm³/mol. The number of aromatic nitrogens is 3. The molecule has 0 unspecified atom stereocenters. The van der Waals surface area contributed by atoms with Gasteiger partial charge >= 0.3 is 0 Å². The van der Waals surface area contributed by atoms with Gasteiger partial charge in [0.15, 0.2) is 12.1 Å². The van der Waals surface area contributed by atoms with E-state index >= 15 is 0 Å². The largest absolute Gasteiger partial charge is 0.350 e. The van der Waals surface area contributed by atoms with Crippen LogP contribution in [0, 0.1) is 0 Å². The van der Waals surface area contributed by atoms with Crippen LogP contribution in [0.1, 0.15) is 16.9 Å². The molecule has 0 saturated carbocycles. The molecule has 0 aliphatic carbocycles. The van der Waals surface area contributed by atoms with Crippen molar-refractivity contribution in [2.75, 3.05) is 13.2 Å². The second-order valence-electron chi connectivity index (χ2n) is 3.04. The number of nitrogens with zero attached hydrogens (tertiary/aromatic N) is 3. The molecule has 0 spiro atoms. The van der Waals surface area contributed by atoms with E-state index in [9.17, 15) is 4.79 Å². The molecule has 0 aromatic carbocycles. The van der Waals surface area contributed by atoms with Crippen LogP contribution in [-0.4, -0.2) is 40.3 Å². The third-order valence-corrected chi connectivity index (χ3v) is 2.04. The highest BCUT2D eigenvalue weighted by Crippen LogP contribution is 2.11. The summed E-state index contributed by atoms with van der Waals surface area (Å²) in [5.74, 6) is -0.0654. The molecule has 0 atom stereocenters. The average Bonchev–Trinajstić information content (AvgIpc) is 2.75. The molecule has 76 valence electrons. The van der Waals surface area contributed by atoms with Gasteiger partial charge < -0.3 is 9.47 Å². The fourth-order valence-electron chi connectivity index (χ4n) is 1.32. The van der Waals surface area contributed by atoms with Crippen molar-refractivity contribution in [2.24, 2.45) is 7.05 Å². The minimum atomic E-state index is -0.405. The van der Waals surface area contributed by atoms with E-state index in [2.05, 4.69) is 10.3 Å². The van der Waals surface area contributed by atoms with Crippen LogP contribution in [0.5, 0.6) is 0 Å². The van der Waals surface area contributed by atoms with E-state index in [4.69, 9.17) is 9.47 Å². The van der Waals surface area contributed by atoms with Crippen molar-refractivity contribution in [3.63, 3.8) is 0 Å². The average molecular weight is 197 g/mol. The molecular weight excluding hydrogens is 186 g/mol. The Morgan fingerprint density at radius 1 is 1.64 bits per heavy atom. The summed E-state index contributed by atoms with van der Waals surface area (Å²) in [5, 5.41) is 7.30. The topological polar surface area (TPSA) is 66.2 Å². The maximum atomic E-state index is 11.6. The summed E-state index contributed by atoms with van der Waals surface area (Å²) in [6.07, 6.45) is 1.26. The Morgan fingerprint density at radius 3 is 2.93 bits per heavy atom. The number of Topliss-reactive ketones (excluding diaryl/α,β-unsaturated/α-hetero) is 1. The number of hydrogen-bond donors (Lipinski definition) is 0. The third kappa shape index (κ3) is 1.80. The molecule has 2 rings (SSSR count). The number of carbonyl (C=O) groups excluding carboxylic acids is 1. The molecule has 1 fully saturated rings. The Kier molecular flexibility index (Phi) is 2.55. The third-order valence-electron chi connectivity index (χ3n) is 2.04. The van der Waals surface area contributed by atoms with Gasteiger partial charge in [0.25, 0.3) is 0 Å². The molecular formula is C8H11N3O3. The molecule has 2 heterocycles. The van der Waals surface area contributed by atoms with E-state index in [1.165, 1.54) is 10.9 Å². The van der Waals surface area contributed by atoms with E-state index in [1.54, 1.807) is 7.05 Å². The van der Waals surface area contributed by atoms with Crippen LogP contribution in [0.3, 0.4) is 0 Å². The first-order chi connectivity index (χ1) is 6.77. The van der Waals surface area contributed by atoms with E-state index in [-0.39, 0.29) is 12.2 Å². The lowest BCUT2D eigenvalue weighted by atomic mass is 10.2. The highest BCUT2D eigenvalue weighted by atomic mass is 16.7. The zero-order valence-electron chi connectivity index (χ0n) is 7.84. The molecule has 1 aromatic heterocycles. The fraction of sp³-hybridized carbons (Fsp3) is 0.625. The van der Waals surface area contributed by atoms with Gasteiger partial charge in [-0.25, -0.2) is 4.68 Å². The van der Waals surface area contributed by atoms with Gasteiger partial charge in [-0.15, -0.1) is 5.10 Å². The van der Waals surface area contributed by atoms with Crippen molar-refractivity contribution in [3.05, 3.63) is 11.9 Å². The van der Waals surface area contributed by atoms with Crippen molar-refractivity contribution in [1.29, 1.82) is 0 Å². The smallest absolute Gasteiger partial charge is 0.187 e. The Hall–Kier alpha value is -1.27. The van der Waals surface area contributed by atoms with E-state index < -0.39 is 6.29 Å². The monoisotopic (exact) mass is 197 g/mol. The number of rotatable bonds is 3. The molecule has 1 aliphatic heterocycles. The molecule has 0 amide bonds. The SMILES string of the molecule is Cn1nncc1C(=O)CC1OCCO1. The number of ether oxygens (including phenoxy) is 2. The summed E-state index contributed by atoms with van der Waals surface area (Å²) in [6, 6.07) is 0.